The van der Waals surface area contributed by atoms with Gasteiger partial charge in [0.1, 0.15) is 0 Å². The number of aromatic nitrogens is 1. The van der Waals surface area contributed by atoms with Crippen LogP contribution in [0.3, 0.4) is 0 Å². The Hall–Kier alpha value is -2.76. The molecule has 0 aliphatic rings. The number of hydrogen-bond donors (Lipinski definition) is 1. The van der Waals surface area contributed by atoms with Gasteiger partial charge in [0, 0.05) is 59.5 Å². The summed E-state index contributed by atoms with van der Waals surface area (Å²) < 4.78 is 2.57. The zero-order valence-corrected chi connectivity index (χ0v) is 33.0. The number of aliphatic hydroxyl groups is 1. The van der Waals surface area contributed by atoms with E-state index < -0.39 is 0 Å². The van der Waals surface area contributed by atoms with Gasteiger partial charge in [-0.2, -0.15) is 0 Å². The molecular formula is C41H48IrNO2S2-. The number of aliphatic hydroxyl groups excluding tert-OH is 1. The third-order valence-electron chi connectivity index (χ3n) is 8.68. The van der Waals surface area contributed by atoms with Gasteiger partial charge in [0.05, 0.1) is 9.97 Å². The number of thiophene rings is 1. The second-order valence-corrected chi connectivity index (χ2v) is 15.2. The summed E-state index contributed by atoms with van der Waals surface area (Å²) in [4.78, 5) is 17.8. The van der Waals surface area contributed by atoms with Gasteiger partial charge in [-0.05, 0) is 67.2 Å². The van der Waals surface area contributed by atoms with Gasteiger partial charge in [0.25, 0.3) is 0 Å². The van der Waals surface area contributed by atoms with Gasteiger partial charge in [0.2, 0.25) is 0 Å². The largest absolute Gasteiger partial charge is 0.512 e. The van der Waals surface area contributed by atoms with Crippen LogP contribution in [0.15, 0.2) is 93.9 Å². The van der Waals surface area contributed by atoms with E-state index in [-0.39, 0.29) is 48.9 Å². The molecule has 0 spiro atoms. The van der Waals surface area contributed by atoms with Crippen molar-refractivity contribution in [1.82, 2.24) is 4.98 Å². The maximum Gasteiger partial charge on any atom is 0.162 e. The van der Waals surface area contributed by atoms with Gasteiger partial charge >= 0.3 is 0 Å². The summed E-state index contributed by atoms with van der Waals surface area (Å²) in [5.74, 6) is 0.547. The van der Waals surface area contributed by atoms with Crippen molar-refractivity contribution in [3.63, 3.8) is 0 Å². The molecule has 5 aromatic rings. The van der Waals surface area contributed by atoms with E-state index in [2.05, 4.69) is 100 Å². The Labute approximate surface area is 303 Å². The third-order valence-corrected chi connectivity index (χ3v) is 11.3. The molecule has 0 aliphatic heterocycles. The Morgan fingerprint density at radius 2 is 1.53 bits per heavy atom. The maximum absolute atomic E-state index is 11.7. The minimum atomic E-state index is 0. The van der Waals surface area contributed by atoms with Gasteiger partial charge in [-0.3, -0.25) is 9.78 Å². The predicted molar refractivity (Wildman–Crippen MR) is 199 cm³/mol. The zero-order valence-electron chi connectivity index (χ0n) is 28.9. The Bertz CT molecular complexity index is 1800. The van der Waals surface area contributed by atoms with Crippen molar-refractivity contribution in [2.75, 3.05) is 0 Å². The van der Waals surface area contributed by atoms with E-state index in [9.17, 15) is 9.90 Å². The molecule has 6 heteroatoms. The molecule has 47 heavy (non-hydrogen) atoms. The summed E-state index contributed by atoms with van der Waals surface area (Å²) in [5, 5.41) is 13.5. The average molecular weight is 843 g/mol. The first-order chi connectivity index (χ1) is 22.0. The molecule has 3 aromatic carbocycles. The first-order valence-electron chi connectivity index (χ1n) is 16.5. The number of carbonyl (C=O) groups excluding carboxylic acids is 1. The SMILES string of the molecule is CCC(CC)C(=O)/C=C(\O)C(CC)CC.Cc1c(Sc2ccccc2)sc2c(-c3[c-]c4ccccc4c(C(C)(C)C)c3)nccc12.[Ir]. The number of fused-ring (bicyclic) bond motifs is 2. The Morgan fingerprint density at radius 3 is 2.15 bits per heavy atom. The molecule has 0 unspecified atom stereocenters. The van der Waals surface area contributed by atoms with E-state index in [4.69, 9.17) is 4.98 Å². The number of carbonyl (C=O) groups is 1. The summed E-state index contributed by atoms with van der Waals surface area (Å²) in [7, 11) is 0. The van der Waals surface area contributed by atoms with Crippen LogP contribution in [0.1, 0.15) is 85.3 Å². The molecule has 2 aromatic heterocycles. The summed E-state index contributed by atoms with van der Waals surface area (Å²) in [6.45, 7) is 17.1. The minimum absolute atomic E-state index is 0. The van der Waals surface area contributed by atoms with E-state index in [0.717, 1.165) is 42.3 Å². The van der Waals surface area contributed by atoms with Crippen molar-refractivity contribution in [1.29, 1.82) is 0 Å². The molecule has 5 rings (SSSR count). The van der Waals surface area contributed by atoms with Crippen LogP contribution >= 0.6 is 23.1 Å². The summed E-state index contributed by atoms with van der Waals surface area (Å²) >= 11 is 3.67. The van der Waals surface area contributed by atoms with Crippen LogP contribution in [0.5, 0.6) is 0 Å². The normalized spacial score (nSPS) is 11.9. The van der Waals surface area contributed by atoms with Crippen LogP contribution in [0.25, 0.3) is 32.1 Å². The van der Waals surface area contributed by atoms with Crippen molar-refractivity contribution < 1.29 is 30.0 Å². The fourth-order valence-electron chi connectivity index (χ4n) is 5.77. The molecule has 0 atom stereocenters. The first kappa shape index (κ1) is 38.7. The summed E-state index contributed by atoms with van der Waals surface area (Å²) in [5.41, 5.74) is 4.81. The van der Waals surface area contributed by atoms with Crippen LogP contribution in [0.2, 0.25) is 0 Å². The van der Waals surface area contributed by atoms with Crippen molar-refractivity contribution in [2.45, 2.75) is 95.6 Å². The molecule has 0 fully saturated rings. The Balaban J connectivity index is 0.000000322. The van der Waals surface area contributed by atoms with Crippen molar-refractivity contribution in [3.05, 3.63) is 102 Å². The number of aryl methyl sites for hydroxylation is 1. The topological polar surface area (TPSA) is 50.2 Å². The van der Waals surface area contributed by atoms with E-state index in [1.807, 2.05) is 57.0 Å². The van der Waals surface area contributed by atoms with Crippen molar-refractivity contribution in [2.24, 2.45) is 11.8 Å². The summed E-state index contributed by atoms with van der Waals surface area (Å²) in [6.07, 6.45) is 6.84. The van der Waals surface area contributed by atoms with Crippen LogP contribution < -0.4 is 0 Å². The maximum atomic E-state index is 11.7. The minimum Gasteiger partial charge on any atom is -0.512 e. The second-order valence-electron chi connectivity index (χ2n) is 12.9. The molecule has 0 aliphatic carbocycles. The first-order valence-corrected chi connectivity index (χ1v) is 18.2. The number of pyridine rings is 1. The molecular weight excluding hydrogens is 795 g/mol. The number of nitrogens with zero attached hydrogens (tertiary/aromatic N) is 1. The van der Waals surface area contributed by atoms with Gasteiger partial charge in [-0.15, -0.1) is 40.5 Å². The molecule has 0 saturated carbocycles. The predicted octanol–water partition coefficient (Wildman–Crippen LogP) is 12.5. The van der Waals surface area contributed by atoms with E-state index in [0.29, 0.717) is 0 Å². The van der Waals surface area contributed by atoms with Gasteiger partial charge in [0.15, 0.2) is 5.78 Å². The fourth-order valence-corrected chi connectivity index (χ4v) is 8.28. The van der Waals surface area contributed by atoms with Crippen LogP contribution in [-0.2, 0) is 30.3 Å². The average Bonchev–Trinajstić information content (AvgIpc) is 3.36. The van der Waals surface area contributed by atoms with Crippen LogP contribution in [-0.4, -0.2) is 15.9 Å². The zero-order chi connectivity index (χ0) is 33.4. The van der Waals surface area contributed by atoms with Crippen LogP contribution in [0.4, 0.5) is 0 Å². The molecule has 2 heterocycles. The number of ketones is 1. The molecule has 0 saturated heterocycles. The number of benzene rings is 3. The monoisotopic (exact) mass is 843 g/mol. The standard InChI is InChI=1S/C28H24NS2.C13H24O2.Ir/c1-18-22-14-15-29-25(26(22)31-27(18)30-21-11-6-5-7-12-21)20-16-19-10-8-9-13-23(19)24(17-20)28(2,3)4;1-5-10(6-2)12(14)9-13(15)11(7-3)8-4;/h5-15,17H,1-4H3;9-11,14H,5-8H2,1-4H3;/q-1;;/b;12-9-;. The Morgan fingerprint density at radius 1 is 0.915 bits per heavy atom. The Kier molecular flexibility index (Phi) is 14.5. The van der Waals surface area contributed by atoms with E-state index >= 15 is 0 Å². The molecule has 251 valence electrons. The fraction of sp³-hybridized carbons (Fsp3) is 0.366. The molecule has 3 nitrogen and oxygen atoms in total. The number of rotatable bonds is 10. The number of hydrogen-bond acceptors (Lipinski definition) is 5. The van der Waals surface area contributed by atoms with E-state index in [1.54, 1.807) is 0 Å². The quantitative estimate of drug-likeness (QED) is 0.0864. The molecule has 0 amide bonds. The second kappa shape index (κ2) is 17.6. The molecule has 1 N–H and O–H groups in total. The third kappa shape index (κ3) is 9.44. The van der Waals surface area contributed by atoms with Crippen LogP contribution in [0, 0.1) is 24.8 Å². The van der Waals surface area contributed by atoms with Crippen molar-refractivity contribution >= 4 is 49.7 Å². The van der Waals surface area contributed by atoms with E-state index in [1.165, 1.54) is 41.8 Å². The number of allylic oxidation sites excluding steroid dienone is 2. The van der Waals surface area contributed by atoms with Crippen molar-refractivity contribution in [3.8, 4) is 11.3 Å². The molecule has 0 bridgehead atoms. The van der Waals surface area contributed by atoms with Gasteiger partial charge in [-0.1, -0.05) is 108 Å². The molecule has 1 radical (unpaired) electrons. The van der Waals surface area contributed by atoms with Gasteiger partial charge in [-0.25, -0.2) is 0 Å². The van der Waals surface area contributed by atoms with Gasteiger partial charge < -0.3 is 5.11 Å². The summed E-state index contributed by atoms with van der Waals surface area (Å²) in [6, 6.07) is 27.2. The smallest absolute Gasteiger partial charge is 0.162 e.